The van der Waals surface area contributed by atoms with Gasteiger partial charge in [-0.2, -0.15) is 0 Å². The van der Waals surface area contributed by atoms with E-state index in [1.165, 1.54) is 4.88 Å². The van der Waals surface area contributed by atoms with Crippen LogP contribution in [0.5, 0.6) is 0 Å². The lowest BCUT2D eigenvalue weighted by atomic mass is 10.1. The Morgan fingerprint density at radius 3 is 2.59 bits per heavy atom. The summed E-state index contributed by atoms with van der Waals surface area (Å²) in [7, 11) is 1.76. The zero-order valence-corrected chi connectivity index (χ0v) is 12.6. The minimum absolute atomic E-state index is 0.250. The molecule has 1 rings (SSSR count). The first-order chi connectivity index (χ1) is 7.98. The molecule has 0 aromatic carbocycles. The molecule has 0 aliphatic heterocycles. The van der Waals surface area contributed by atoms with Crippen molar-refractivity contribution < 1.29 is 4.74 Å². The number of ether oxygens (including phenoxy) is 1. The first kappa shape index (κ1) is 14.6. The van der Waals surface area contributed by atoms with Crippen LogP contribution in [-0.4, -0.2) is 18.6 Å². The van der Waals surface area contributed by atoms with Crippen LogP contribution < -0.4 is 5.32 Å². The van der Waals surface area contributed by atoms with Crippen molar-refractivity contribution in [3.63, 3.8) is 0 Å². The van der Waals surface area contributed by atoms with Crippen molar-refractivity contribution in [2.45, 2.75) is 52.7 Å². The second-order valence-electron chi connectivity index (χ2n) is 4.54. The maximum atomic E-state index is 5.61. The average Bonchev–Trinajstić information content (AvgIpc) is 2.71. The summed E-state index contributed by atoms with van der Waals surface area (Å²) in [5.41, 5.74) is 0.870. The number of nitrogens with one attached hydrogen (secondary N) is 1. The summed E-state index contributed by atoms with van der Waals surface area (Å²) >= 11 is 1.77. The maximum absolute atomic E-state index is 5.61. The van der Waals surface area contributed by atoms with Gasteiger partial charge in [-0.15, -0.1) is 11.3 Å². The molecule has 1 heterocycles. The summed E-state index contributed by atoms with van der Waals surface area (Å²) in [6.45, 7) is 11.6. The molecule has 4 heteroatoms. The highest BCUT2D eigenvalue weighted by Gasteiger charge is 2.29. The lowest BCUT2D eigenvalue weighted by Crippen LogP contribution is -2.22. The topological polar surface area (TPSA) is 34.1 Å². The fourth-order valence-electron chi connectivity index (χ4n) is 1.82. The Balaban J connectivity index is 3.02. The molecule has 0 radical (unpaired) electrons. The third-order valence-corrected chi connectivity index (χ3v) is 4.90. The summed E-state index contributed by atoms with van der Waals surface area (Å²) in [6.07, 6.45) is 0.936. The molecular formula is C13H24N2OS. The lowest BCUT2D eigenvalue weighted by Gasteiger charge is -2.23. The number of rotatable bonds is 6. The highest BCUT2D eigenvalue weighted by Crippen LogP contribution is 2.35. The molecule has 3 nitrogen and oxygen atoms in total. The van der Waals surface area contributed by atoms with E-state index in [2.05, 4.69) is 44.9 Å². The molecule has 2 atom stereocenters. The summed E-state index contributed by atoms with van der Waals surface area (Å²) in [5.74, 6) is 0. The SMILES string of the molecule is CCNC(C)c1sc(C(C)(CC)OC)nc1C. The standard InChI is InChI=1S/C13H24N2OS/c1-7-13(5,16-6)12-15-10(4)11(17-12)9(3)14-8-2/h9,14H,7-8H2,1-6H3. The predicted octanol–water partition coefficient (Wildman–Crippen LogP) is 3.39. The Morgan fingerprint density at radius 2 is 2.12 bits per heavy atom. The monoisotopic (exact) mass is 256 g/mol. The minimum Gasteiger partial charge on any atom is -0.371 e. The number of methoxy groups -OCH3 is 1. The fraction of sp³-hybridized carbons (Fsp3) is 0.769. The van der Waals surface area contributed by atoms with E-state index < -0.39 is 0 Å². The number of aryl methyl sites for hydroxylation is 1. The normalized spacial score (nSPS) is 16.8. The summed E-state index contributed by atoms with van der Waals surface area (Å²) in [5, 5.41) is 4.52. The van der Waals surface area contributed by atoms with Crippen molar-refractivity contribution >= 4 is 11.3 Å². The van der Waals surface area contributed by atoms with Crippen molar-refractivity contribution in [3.05, 3.63) is 15.6 Å². The molecule has 17 heavy (non-hydrogen) atoms. The highest BCUT2D eigenvalue weighted by molar-refractivity contribution is 7.12. The van der Waals surface area contributed by atoms with E-state index in [1.807, 2.05) is 0 Å². The van der Waals surface area contributed by atoms with Gasteiger partial charge in [0.15, 0.2) is 0 Å². The van der Waals surface area contributed by atoms with Crippen LogP contribution in [0.15, 0.2) is 0 Å². The quantitative estimate of drug-likeness (QED) is 0.847. The Kier molecular flexibility index (Phi) is 5.10. The molecule has 0 bridgehead atoms. The molecular weight excluding hydrogens is 232 g/mol. The molecule has 0 aliphatic rings. The molecule has 0 saturated heterocycles. The smallest absolute Gasteiger partial charge is 0.125 e. The lowest BCUT2D eigenvalue weighted by molar-refractivity contribution is -0.00163. The van der Waals surface area contributed by atoms with Crippen molar-refractivity contribution in [1.82, 2.24) is 10.3 Å². The first-order valence-electron chi connectivity index (χ1n) is 6.24. The van der Waals surface area contributed by atoms with E-state index in [0.29, 0.717) is 6.04 Å². The van der Waals surface area contributed by atoms with Gasteiger partial charge in [-0.25, -0.2) is 4.98 Å². The summed E-state index contributed by atoms with van der Waals surface area (Å²) in [4.78, 5) is 6.00. The van der Waals surface area contributed by atoms with Gasteiger partial charge in [-0.1, -0.05) is 13.8 Å². The van der Waals surface area contributed by atoms with E-state index in [-0.39, 0.29) is 5.60 Å². The van der Waals surface area contributed by atoms with Crippen LogP contribution in [0.2, 0.25) is 0 Å². The van der Waals surface area contributed by atoms with Crippen LogP contribution in [0.3, 0.4) is 0 Å². The van der Waals surface area contributed by atoms with Gasteiger partial charge in [-0.3, -0.25) is 0 Å². The largest absolute Gasteiger partial charge is 0.371 e. The van der Waals surface area contributed by atoms with Crippen molar-refractivity contribution in [1.29, 1.82) is 0 Å². The Labute approximate surface area is 109 Å². The van der Waals surface area contributed by atoms with Crippen LogP contribution in [-0.2, 0) is 10.3 Å². The van der Waals surface area contributed by atoms with Crippen molar-refractivity contribution in [2.24, 2.45) is 0 Å². The molecule has 1 aromatic heterocycles. The first-order valence-corrected chi connectivity index (χ1v) is 7.06. The van der Waals surface area contributed by atoms with E-state index in [1.54, 1.807) is 18.4 Å². The van der Waals surface area contributed by atoms with E-state index >= 15 is 0 Å². The Morgan fingerprint density at radius 1 is 1.47 bits per heavy atom. The van der Waals surface area contributed by atoms with Gasteiger partial charge in [0.25, 0.3) is 0 Å². The summed E-state index contributed by atoms with van der Waals surface area (Å²) in [6, 6.07) is 0.365. The molecule has 2 unspecified atom stereocenters. The van der Waals surface area contributed by atoms with Gasteiger partial charge < -0.3 is 10.1 Å². The molecule has 1 N–H and O–H groups in total. The van der Waals surface area contributed by atoms with Gasteiger partial charge in [0.2, 0.25) is 0 Å². The van der Waals surface area contributed by atoms with Crippen LogP contribution >= 0.6 is 11.3 Å². The number of hydrogen-bond acceptors (Lipinski definition) is 4. The van der Waals surface area contributed by atoms with Crippen molar-refractivity contribution in [3.8, 4) is 0 Å². The predicted molar refractivity (Wildman–Crippen MR) is 73.6 cm³/mol. The van der Waals surface area contributed by atoms with Crippen LogP contribution in [0.25, 0.3) is 0 Å². The van der Waals surface area contributed by atoms with Crippen LogP contribution in [0, 0.1) is 6.92 Å². The zero-order valence-electron chi connectivity index (χ0n) is 11.8. The van der Waals surface area contributed by atoms with Gasteiger partial charge >= 0.3 is 0 Å². The third-order valence-electron chi connectivity index (χ3n) is 3.31. The van der Waals surface area contributed by atoms with E-state index in [9.17, 15) is 0 Å². The van der Waals surface area contributed by atoms with E-state index in [4.69, 9.17) is 4.74 Å². The number of aromatic nitrogens is 1. The zero-order chi connectivity index (χ0) is 13.1. The number of thiazole rings is 1. The molecule has 98 valence electrons. The van der Waals surface area contributed by atoms with Gasteiger partial charge in [-0.05, 0) is 33.7 Å². The molecule has 0 saturated carbocycles. The van der Waals surface area contributed by atoms with Gasteiger partial charge in [0.1, 0.15) is 10.6 Å². The van der Waals surface area contributed by atoms with Crippen molar-refractivity contribution in [2.75, 3.05) is 13.7 Å². The second-order valence-corrected chi connectivity index (χ2v) is 5.57. The molecule has 0 fully saturated rings. The Bertz CT molecular complexity index is 358. The van der Waals surface area contributed by atoms with E-state index in [0.717, 1.165) is 23.7 Å². The second kappa shape index (κ2) is 5.94. The highest BCUT2D eigenvalue weighted by atomic mass is 32.1. The Hall–Kier alpha value is -0.450. The third kappa shape index (κ3) is 3.06. The van der Waals surface area contributed by atoms with Crippen LogP contribution in [0.4, 0.5) is 0 Å². The number of hydrogen-bond donors (Lipinski definition) is 1. The molecule has 0 amide bonds. The average molecular weight is 256 g/mol. The minimum atomic E-state index is -0.250. The maximum Gasteiger partial charge on any atom is 0.125 e. The van der Waals surface area contributed by atoms with Crippen LogP contribution in [0.1, 0.15) is 55.7 Å². The molecule has 0 aliphatic carbocycles. The van der Waals surface area contributed by atoms with Gasteiger partial charge in [0, 0.05) is 18.0 Å². The molecule has 0 spiro atoms. The summed E-state index contributed by atoms with van der Waals surface area (Å²) < 4.78 is 5.61. The number of nitrogens with zero attached hydrogens (tertiary/aromatic N) is 1. The molecule has 1 aromatic rings. The fourth-order valence-corrected chi connectivity index (χ4v) is 3.11. The van der Waals surface area contributed by atoms with Gasteiger partial charge in [0.05, 0.1) is 5.69 Å².